The molecule has 0 aliphatic carbocycles. The van der Waals surface area contributed by atoms with Crippen LogP contribution in [0.4, 0.5) is 10.1 Å². The van der Waals surface area contributed by atoms with Crippen molar-refractivity contribution in [2.45, 2.75) is 13.8 Å². The highest BCUT2D eigenvalue weighted by atomic mass is 35.5. The van der Waals surface area contributed by atoms with Crippen LogP contribution >= 0.6 is 11.6 Å². The van der Waals surface area contributed by atoms with E-state index in [0.29, 0.717) is 41.1 Å². The largest absolute Gasteiger partial charge is 0.482 e. The van der Waals surface area contributed by atoms with Crippen LogP contribution in [0.3, 0.4) is 0 Å². The maximum atomic E-state index is 13.3. The first-order valence-corrected chi connectivity index (χ1v) is 9.58. The van der Waals surface area contributed by atoms with Crippen LogP contribution in [-0.4, -0.2) is 41.4 Å². The summed E-state index contributed by atoms with van der Waals surface area (Å²) in [5, 5.41) is 3.60. The normalized spacial score (nSPS) is 10.8. The van der Waals surface area contributed by atoms with Gasteiger partial charge in [-0.2, -0.15) is 0 Å². The van der Waals surface area contributed by atoms with E-state index in [0.717, 1.165) is 0 Å². The number of aromatic nitrogens is 1. The lowest BCUT2D eigenvalue weighted by molar-refractivity contribution is -0.132. The number of hydrogen-bond acceptors (Lipinski definition) is 3. The van der Waals surface area contributed by atoms with Crippen molar-refractivity contribution in [2.24, 2.45) is 0 Å². The third-order valence-electron chi connectivity index (χ3n) is 4.48. The number of likely N-dealkylation sites (N-methyl/N-ethyl adjacent to an activating group) is 1. The molecule has 0 atom stereocenters. The number of carbonyl (C=O) groups excluding carboxylic acids is 2. The number of ether oxygens (including phenoxy) is 1. The molecule has 0 bridgehead atoms. The number of halogens is 2. The van der Waals surface area contributed by atoms with Crippen molar-refractivity contribution in [3.8, 4) is 5.75 Å². The van der Waals surface area contributed by atoms with E-state index in [1.807, 2.05) is 13.8 Å². The average molecular weight is 418 g/mol. The van der Waals surface area contributed by atoms with Crippen molar-refractivity contribution < 1.29 is 18.7 Å². The van der Waals surface area contributed by atoms with Gasteiger partial charge in [-0.15, -0.1) is 0 Å². The van der Waals surface area contributed by atoms with E-state index in [1.54, 1.807) is 35.2 Å². The fourth-order valence-electron chi connectivity index (χ4n) is 2.93. The highest BCUT2D eigenvalue weighted by Gasteiger charge is 2.14. The van der Waals surface area contributed by atoms with Crippen LogP contribution in [0.25, 0.3) is 10.9 Å². The number of aromatic amines is 1. The zero-order valence-electron chi connectivity index (χ0n) is 16.1. The second kappa shape index (κ2) is 8.96. The molecule has 6 nitrogen and oxygen atoms in total. The van der Waals surface area contributed by atoms with Gasteiger partial charge in [0, 0.05) is 29.7 Å². The Bertz CT molecular complexity index is 1050. The monoisotopic (exact) mass is 417 g/mol. The summed E-state index contributed by atoms with van der Waals surface area (Å²) in [6, 6.07) is 10.6. The molecule has 0 saturated carbocycles. The minimum atomic E-state index is -0.386. The van der Waals surface area contributed by atoms with E-state index in [-0.39, 0.29) is 29.3 Å². The molecule has 1 aromatic heterocycles. The molecule has 0 fully saturated rings. The number of nitrogens with one attached hydrogen (secondary N) is 2. The number of anilines is 1. The quantitative estimate of drug-likeness (QED) is 0.596. The molecular formula is C21H21ClFN3O3. The van der Waals surface area contributed by atoms with E-state index < -0.39 is 0 Å². The fourth-order valence-corrected chi connectivity index (χ4v) is 3.16. The Kier molecular flexibility index (Phi) is 6.39. The molecular weight excluding hydrogens is 397 g/mol. The summed E-state index contributed by atoms with van der Waals surface area (Å²) in [5.41, 5.74) is 1.43. The summed E-state index contributed by atoms with van der Waals surface area (Å²) >= 11 is 6.22. The Balaban J connectivity index is 1.66. The second-order valence-corrected chi connectivity index (χ2v) is 6.78. The van der Waals surface area contributed by atoms with Crippen molar-refractivity contribution in [1.29, 1.82) is 0 Å². The molecule has 2 aromatic carbocycles. The first-order chi connectivity index (χ1) is 13.9. The number of carbonyl (C=O) groups is 2. The number of amides is 2. The van der Waals surface area contributed by atoms with Crippen LogP contribution in [0.2, 0.25) is 5.02 Å². The van der Waals surface area contributed by atoms with Crippen LogP contribution in [0.15, 0.2) is 42.5 Å². The van der Waals surface area contributed by atoms with Crippen LogP contribution in [0, 0.1) is 5.82 Å². The van der Waals surface area contributed by atoms with Gasteiger partial charge >= 0.3 is 0 Å². The third kappa shape index (κ3) is 4.86. The zero-order valence-corrected chi connectivity index (χ0v) is 16.8. The Hall–Kier alpha value is -3.06. The summed E-state index contributed by atoms with van der Waals surface area (Å²) in [7, 11) is 0. The van der Waals surface area contributed by atoms with Gasteiger partial charge in [0.15, 0.2) is 6.61 Å². The topological polar surface area (TPSA) is 74.4 Å². The third-order valence-corrected chi connectivity index (χ3v) is 4.78. The predicted molar refractivity (Wildman–Crippen MR) is 111 cm³/mol. The summed E-state index contributed by atoms with van der Waals surface area (Å²) in [5.74, 6) is -0.529. The molecule has 8 heteroatoms. The van der Waals surface area contributed by atoms with Gasteiger partial charge in [-0.05, 0) is 56.3 Å². The van der Waals surface area contributed by atoms with Crippen LogP contribution in [-0.2, 0) is 4.79 Å². The first-order valence-electron chi connectivity index (χ1n) is 9.21. The maximum absolute atomic E-state index is 13.3. The van der Waals surface area contributed by atoms with Gasteiger partial charge in [0.05, 0.1) is 5.02 Å². The van der Waals surface area contributed by atoms with Gasteiger partial charge in [0.1, 0.15) is 17.3 Å². The van der Waals surface area contributed by atoms with Crippen molar-refractivity contribution in [1.82, 2.24) is 9.88 Å². The Morgan fingerprint density at radius 3 is 2.59 bits per heavy atom. The number of fused-ring (bicyclic) bond motifs is 1. The number of hydrogen-bond donors (Lipinski definition) is 2. The lowest BCUT2D eigenvalue weighted by Crippen LogP contribution is -2.34. The second-order valence-electron chi connectivity index (χ2n) is 6.37. The van der Waals surface area contributed by atoms with Crippen molar-refractivity contribution in [2.75, 3.05) is 25.0 Å². The van der Waals surface area contributed by atoms with Gasteiger partial charge < -0.3 is 19.9 Å². The Morgan fingerprint density at radius 1 is 1.14 bits per heavy atom. The number of H-pyrrole nitrogens is 1. The van der Waals surface area contributed by atoms with E-state index in [1.165, 1.54) is 12.1 Å². The van der Waals surface area contributed by atoms with Gasteiger partial charge in [-0.1, -0.05) is 11.6 Å². The molecule has 3 rings (SSSR count). The molecule has 152 valence electrons. The number of rotatable bonds is 7. The van der Waals surface area contributed by atoms with E-state index >= 15 is 0 Å². The lowest BCUT2D eigenvalue weighted by Gasteiger charge is -2.19. The van der Waals surface area contributed by atoms with E-state index in [9.17, 15) is 14.0 Å². The molecule has 0 aliphatic rings. The molecule has 2 N–H and O–H groups in total. The predicted octanol–water partition coefficient (Wildman–Crippen LogP) is 4.46. The van der Waals surface area contributed by atoms with Crippen molar-refractivity contribution >= 4 is 40.0 Å². The summed E-state index contributed by atoms with van der Waals surface area (Å²) in [4.78, 5) is 29.1. The molecule has 0 aliphatic heterocycles. The smallest absolute Gasteiger partial charge is 0.272 e. The first kappa shape index (κ1) is 20.7. The number of nitrogens with zero attached hydrogens (tertiary/aromatic N) is 1. The Labute approximate surface area is 172 Å². The van der Waals surface area contributed by atoms with E-state index in [4.69, 9.17) is 16.3 Å². The maximum Gasteiger partial charge on any atom is 0.272 e. The van der Waals surface area contributed by atoms with Crippen LogP contribution in [0.1, 0.15) is 24.3 Å². The van der Waals surface area contributed by atoms with Gasteiger partial charge in [0.25, 0.3) is 11.8 Å². The summed E-state index contributed by atoms with van der Waals surface area (Å²) in [6.45, 7) is 4.90. The summed E-state index contributed by atoms with van der Waals surface area (Å²) < 4.78 is 18.8. The minimum Gasteiger partial charge on any atom is -0.482 e. The van der Waals surface area contributed by atoms with Gasteiger partial charge in [-0.3, -0.25) is 9.59 Å². The molecule has 0 saturated heterocycles. The molecule has 29 heavy (non-hydrogen) atoms. The number of benzene rings is 2. The molecule has 3 aromatic rings. The van der Waals surface area contributed by atoms with Crippen molar-refractivity contribution in [3.63, 3.8) is 0 Å². The van der Waals surface area contributed by atoms with Crippen LogP contribution in [0.5, 0.6) is 5.75 Å². The summed E-state index contributed by atoms with van der Waals surface area (Å²) in [6.07, 6.45) is 0. The zero-order chi connectivity index (χ0) is 21.0. The van der Waals surface area contributed by atoms with E-state index in [2.05, 4.69) is 10.3 Å². The minimum absolute atomic E-state index is 0.112. The SMILES string of the molecule is CCN(CC)C(=O)COc1ccc(NC(=O)c2cc3cc(F)ccc3[nH]2)cc1Cl. The molecule has 2 amide bonds. The molecule has 1 heterocycles. The highest BCUT2D eigenvalue weighted by Crippen LogP contribution is 2.28. The van der Waals surface area contributed by atoms with Gasteiger partial charge in [-0.25, -0.2) is 4.39 Å². The van der Waals surface area contributed by atoms with Gasteiger partial charge in [0.2, 0.25) is 0 Å². The molecule has 0 unspecified atom stereocenters. The average Bonchev–Trinajstić information content (AvgIpc) is 3.11. The van der Waals surface area contributed by atoms with Crippen molar-refractivity contribution in [3.05, 3.63) is 59.0 Å². The highest BCUT2D eigenvalue weighted by molar-refractivity contribution is 6.32. The van der Waals surface area contributed by atoms with Crippen LogP contribution < -0.4 is 10.1 Å². The molecule has 0 radical (unpaired) electrons. The fraction of sp³-hybridized carbons (Fsp3) is 0.238. The Morgan fingerprint density at radius 2 is 1.90 bits per heavy atom. The molecule has 0 spiro atoms. The standard InChI is InChI=1S/C21H21ClFN3O3/c1-3-26(4-2)20(27)12-29-19-8-6-15(11-16(19)22)24-21(28)18-10-13-9-14(23)5-7-17(13)25-18/h5-11,25H,3-4,12H2,1-2H3,(H,24,28). The lowest BCUT2D eigenvalue weighted by atomic mass is 10.2.